The van der Waals surface area contributed by atoms with E-state index < -0.39 is 21.5 Å². The quantitative estimate of drug-likeness (QED) is 0.799. The lowest BCUT2D eigenvalue weighted by molar-refractivity contribution is -0.148. The van der Waals surface area contributed by atoms with Gasteiger partial charge < -0.3 is 10.5 Å². The Labute approximate surface area is 139 Å². The highest BCUT2D eigenvalue weighted by molar-refractivity contribution is 7.90. The van der Waals surface area contributed by atoms with E-state index in [1.54, 1.807) is 6.92 Å². The van der Waals surface area contributed by atoms with E-state index in [1.807, 2.05) is 4.72 Å². The minimum Gasteiger partial charge on any atom is -0.396 e. The van der Waals surface area contributed by atoms with Gasteiger partial charge >= 0.3 is 0 Å². The second kappa shape index (κ2) is 6.23. The lowest BCUT2D eigenvalue weighted by Crippen LogP contribution is -2.50. The van der Waals surface area contributed by atoms with Crippen LogP contribution < -0.4 is 10.5 Å². The van der Waals surface area contributed by atoms with Gasteiger partial charge in [0.2, 0.25) is 0 Å². The Morgan fingerprint density at radius 3 is 2.41 bits per heavy atom. The van der Waals surface area contributed by atoms with E-state index in [-0.39, 0.29) is 20.6 Å². The first-order chi connectivity index (χ1) is 10.2. The van der Waals surface area contributed by atoms with Gasteiger partial charge in [-0.25, -0.2) is 13.1 Å². The molecule has 0 bridgehead atoms. The molecule has 6 nitrogen and oxygen atoms in total. The number of carbonyl (C=O) groups excluding carboxylic acids is 1. The van der Waals surface area contributed by atoms with Gasteiger partial charge in [-0.2, -0.15) is 0 Å². The van der Waals surface area contributed by atoms with Crippen LogP contribution in [0.5, 0.6) is 0 Å². The average molecular weight is 367 g/mol. The van der Waals surface area contributed by atoms with Crippen molar-refractivity contribution in [3.63, 3.8) is 0 Å². The maximum atomic E-state index is 12.3. The average Bonchev–Trinajstić information content (AvgIpc) is 2.44. The first kappa shape index (κ1) is 17.3. The number of hydrogen-bond acceptors (Lipinski definition) is 5. The summed E-state index contributed by atoms with van der Waals surface area (Å²) >= 11 is 11.7. The molecule has 22 heavy (non-hydrogen) atoms. The van der Waals surface area contributed by atoms with Crippen molar-refractivity contribution < 1.29 is 17.9 Å². The third-order valence-corrected chi connectivity index (χ3v) is 5.47. The number of amides is 1. The van der Waals surface area contributed by atoms with Crippen molar-refractivity contribution in [3.8, 4) is 0 Å². The van der Waals surface area contributed by atoms with Crippen LogP contribution in [0.4, 0.5) is 5.69 Å². The summed E-state index contributed by atoms with van der Waals surface area (Å²) in [6, 6.07) is 2.28. The van der Waals surface area contributed by atoms with Gasteiger partial charge in [-0.3, -0.25) is 4.79 Å². The number of rotatable bonds is 3. The first-order valence-electron chi connectivity index (χ1n) is 6.61. The number of nitrogens with two attached hydrogens (primary N) is 1. The van der Waals surface area contributed by atoms with E-state index in [0.29, 0.717) is 13.0 Å². The van der Waals surface area contributed by atoms with Crippen LogP contribution in [0.25, 0.3) is 0 Å². The highest BCUT2D eigenvalue weighted by Gasteiger charge is 2.38. The largest absolute Gasteiger partial charge is 0.396 e. The van der Waals surface area contributed by atoms with Crippen molar-refractivity contribution in [1.82, 2.24) is 4.72 Å². The number of hydrogen-bond donors (Lipinski definition) is 2. The van der Waals surface area contributed by atoms with Gasteiger partial charge in [-0.05, 0) is 38.3 Å². The second-order valence-electron chi connectivity index (χ2n) is 5.27. The second-order valence-corrected chi connectivity index (χ2v) is 7.77. The summed E-state index contributed by atoms with van der Waals surface area (Å²) in [7, 11) is -4.11. The highest BCUT2D eigenvalue weighted by Crippen LogP contribution is 2.31. The van der Waals surface area contributed by atoms with Crippen molar-refractivity contribution in [3.05, 3.63) is 22.2 Å². The Balaban J connectivity index is 2.26. The molecule has 1 aliphatic heterocycles. The molecule has 1 saturated heterocycles. The topological polar surface area (TPSA) is 98.5 Å². The molecule has 2 rings (SSSR count). The molecule has 0 radical (unpaired) electrons. The molecule has 1 aliphatic rings. The van der Waals surface area contributed by atoms with Crippen LogP contribution in [0.15, 0.2) is 17.0 Å². The fraction of sp³-hybridized carbons (Fsp3) is 0.462. The number of nitrogen functional groups attached to an aromatic ring is 1. The first-order valence-corrected chi connectivity index (χ1v) is 8.85. The SMILES string of the molecule is CC1(C(=O)NS(=O)(=O)c2cc(Cl)c(N)c(Cl)c2)CCCCO1. The van der Waals surface area contributed by atoms with E-state index in [9.17, 15) is 13.2 Å². The smallest absolute Gasteiger partial charge is 0.265 e. The Kier molecular flexibility index (Phi) is 4.91. The summed E-state index contributed by atoms with van der Waals surface area (Å²) in [5.41, 5.74) is 4.49. The summed E-state index contributed by atoms with van der Waals surface area (Å²) < 4.78 is 32.0. The summed E-state index contributed by atoms with van der Waals surface area (Å²) in [5, 5.41) is 0.000837. The standard InChI is InChI=1S/C13H16Cl2N2O4S/c1-13(4-2-3-5-21-13)12(18)17-22(19,20)8-6-9(14)11(16)10(15)7-8/h6-7H,2-5,16H2,1H3,(H,17,18). The van der Waals surface area contributed by atoms with Crippen LogP contribution in [-0.4, -0.2) is 26.5 Å². The summed E-state index contributed by atoms with van der Waals surface area (Å²) in [6.45, 7) is 1.99. The minimum absolute atomic E-state index is 0.000419. The molecule has 0 saturated carbocycles. The van der Waals surface area contributed by atoms with Gasteiger partial charge in [-0.1, -0.05) is 23.2 Å². The Bertz CT molecular complexity index is 677. The van der Waals surface area contributed by atoms with Gasteiger partial charge in [0.15, 0.2) is 0 Å². The molecule has 1 aromatic rings. The third-order valence-electron chi connectivity index (χ3n) is 3.54. The van der Waals surface area contributed by atoms with Crippen LogP contribution in [0.3, 0.4) is 0 Å². The van der Waals surface area contributed by atoms with Gasteiger partial charge in [-0.15, -0.1) is 0 Å². The van der Waals surface area contributed by atoms with Gasteiger partial charge in [0.05, 0.1) is 20.6 Å². The van der Waals surface area contributed by atoms with Crippen LogP contribution in [0.2, 0.25) is 10.0 Å². The zero-order chi connectivity index (χ0) is 16.5. The van der Waals surface area contributed by atoms with E-state index in [0.717, 1.165) is 25.0 Å². The fourth-order valence-electron chi connectivity index (χ4n) is 2.12. The summed E-state index contributed by atoms with van der Waals surface area (Å²) in [5.74, 6) is -0.712. The van der Waals surface area contributed by atoms with Crippen LogP contribution in [0.1, 0.15) is 26.2 Å². The highest BCUT2D eigenvalue weighted by atomic mass is 35.5. The van der Waals surface area contributed by atoms with Crippen molar-refractivity contribution in [2.45, 2.75) is 36.7 Å². The van der Waals surface area contributed by atoms with Gasteiger partial charge in [0.25, 0.3) is 15.9 Å². The normalized spacial score (nSPS) is 22.3. The van der Waals surface area contributed by atoms with E-state index in [1.165, 1.54) is 0 Å². The molecule has 9 heteroatoms. The Morgan fingerprint density at radius 1 is 1.32 bits per heavy atom. The zero-order valence-electron chi connectivity index (χ0n) is 11.9. The Morgan fingerprint density at radius 2 is 1.91 bits per heavy atom. The number of halogens is 2. The monoisotopic (exact) mass is 366 g/mol. The molecule has 1 unspecified atom stereocenters. The van der Waals surface area contributed by atoms with E-state index >= 15 is 0 Å². The molecular formula is C13H16Cl2N2O4S. The molecule has 1 aromatic carbocycles. The number of benzene rings is 1. The molecule has 122 valence electrons. The van der Waals surface area contributed by atoms with Crippen molar-refractivity contribution >= 4 is 44.8 Å². The molecule has 3 N–H and O–H groups in total. The minimum atomic E-state index is -4.11. The Hall–Kier alpha value is -1.02. The summed E-state index contributed by atoms with van der Waals surface area (Å²) in [4.78, 5) is 12.0. The molecule has 0 spiro atoms. The predicted molar refractivity (Wildman–Crippen MR) is 84.4 cm³/mol. The van der Waals surface area contributed by atoms with Gasteiger partial charge in [0.1, 0.15) is 5.60 Å². The molecule has 1 heterocycles. The number of sulfonamides is 1. The van der Waals surface area contributed by atoms with Crippen molar-refractivity contribution in [2.24, 2.45) is 0 Å². The lowest BCUT2D eigenvalue weighted by atomic mass is 9.95. The zero-order valence-corrected chi connectivity index (χ0v) is 14.2. The van der Waals surface area contributed by atoms with Crippen molar-refractivity contribution in [2.75, 3.05) is 12.3 Å². The number of anilines is 1. The van der Waals surface area contributed by atoms with E-state index in [4.69, 9.17) is 33.7 Å². The molecule has 1 atom stereocenters. The molecule has 1 fully saturated rings. The van der Waals surface area contributed by atoms with Crippen LogP contribution in [-0.2, 0) is 19.6 Å². The third kappa shape index (κ3) is 3.48. The number of ether oxygens (including phenoxy) is 1. The molecular weight excluding hydrogens is 351 g/mol. The van der Waals surface area contributed by atoms with Crippen molar-refractivity contribution in [1.29, 1.82) is 0 Å². The maximum Gasteiger partial charge on any atom is 0.265 e. The number of nitrogens with one attached hydrogen (secondary N) is 1. The van der Waals surface area contributed by atoms with Crippen LogP contribution in [0, 0.1) is 0 Å². The number of carbonyl (C=O) groups is 1. The molecule has 0 aromatic heterocycles. The molecule has 0 aliphatic carbocycles. The predicted octanol–water partition coefficient (Wildman–Crippen LogP) is 2.34. The summed E-state index contributed by atoms with van der Waals surface area (Å²) in [6.07, 6.45) is 2.10. The van der Waals surface area contributed by atoms with E-state index in [2.05, 4.69) is 0 Å². The van der Waals surface area contributed by atoms with Crippen LogP contribution >= 0.6 is 23.2 Å². The fourth-order valence-corrected chi connectivity index (χ4v) is 3.86. The maximum absolute atomic E-state index is 12.3. The van der Waals surface area contributed by atoms with Gasteiger partial charge in [0, 0.05) is 6.61 Å². The lowest BCUT2D eigenvalue weighted by Gasteiger charge is -2.32. The molecule has 1 amide bonds.